The number of pyridine rings is 1. The molecule has 1 saturated carbocycles. The summed E-state index contributed by atoms with van der Waals surface area (Å²) in [5.41, 5.74) is -1.47. The number of carbonyl (C=O) groups excluding carboxylic acids is 1. The van der Waals surface area contributed by atoms with Crippen molar-refractivity contribution in [2.45, 2.75) is 49.7 Å². The van der Waals surface area contributed by atoms with E-state index in [2.05, 4.69) is 10.1 Å². The van der Waals surface area contributed by atoms with Crippen molar-refractivity contribution in [2.24, 2.45) is 0 Å². The maximum Gasteiger partial charge on any atom is 0.433 e. The van der Waals surface area contributed by atoms with Crippen LogP contribution in [0.3, 0.4) is 0 Å². The van der Waals surface area contributed by atoms with Crippen molar-refractivity contribution >= 4 is 15.6 Å². The van der Waals surface area contributed by atoms with Crippen LogP contribution in [0.1, 0.15) is 71.6 Å². The van der Waals surface area contributed by atoms with Gasteiger partial charge in [0.05, 0.1) is 5.69 Å². The predicted molar refractivity (Wildman–Crippen MR) is 88.3 cm³/mol. The summed E-state index contributed by atoms with van der Waals surface area (Å²) < 4.78 is 68.1. The van der Waals surface area contributed by atoms with Crippen LogP contribution >= 0.6 is 0 Å². The molecule has 0 unspecified atom stereocenters. The number of rotatable bonds is 5. The lowest BCUT2D eigenvalue weighted by Gasteiger charge is -2.14. The van der Waals surface area contributed by atoms with Crippen molar-refractivity contribution < 1.29 is 30.9 Å². The van der Waals surface area contributed by atoms with Gasteiger partial charge in [-0.2, -0.15) is 13.2 Å². The van der Waals surface area contributed by atoms with Crippen LogP contribution in [-0.2, 0) is 16.0 Å². The predicted octanol–water partition coefficient (Wildman–Crippen LogP) is 3.72. The summed E-state index contributed by atoms with van der Waals surface area (Å²) in [4.78, 5) is 16.7. The zero-order valence-electron chi connectivity index (χ0n) is 14.8. The first-order valence-corrected chi connectivity index (χ1v) is 10.1. The van der Waals surface area contributed by atoms with Crippen molar-refractivity contribution in [1.82, 2.24) is 10.1 Å². The maximum atomic E-state index is 13.1. The van der Waals surface area contributed by atoms with Gasteiger partial charge < -0.3 is 4.52 Å². The average Bonchev–Trinajstić information content (AvgIpc) is 3.29. The van der Waals surface area contributed by atoms with E-state index in [1.54, 1.807) is 13.8 Å². The first kappa shape index (κ1) is 19.5. The van der Waals surface area contributed by atoms with Crippen LogP contribution in [0.15, 0.2) is 21.7 Å². The van der Waals surface area contributed by atoms with Crippen LogP contribution in [0.4, 0.5) is 13.2 Å². The topological polar surface area (TPSA) is 90.1 Å². The number of hydrogen-bond donors (Lipinski definition) is 0. The summed E-state index contributed by atoms with van der Waals surface area (Å²) >= 11 is 0. The van der Waals surface area contributed by atoms with Crippen molar-refractivity contribution in [1.29, 1.82) is 0 Å². The zero-order chi connectivity index (χ0) is 20.1. The molecule has 0 aliphatic heterocycles. The Hall–Kier alpha value is -2.23. The molecule has 10 heteroatoms. The van der Waals surface area contributed by atoms with Gasteiger partial charge in [0, 0.05) is 17.7 Å². The summed E-state index contributed by atoms with van der Waals surface area (Å²) in [5.74, 6) is -1.19. The lowest BCUT2D eigenvalue weighted by molar-refractivity contribution is -0.141. The second-order valence-corrected chi connectivity index (χ2v) is 8.82. The van der Waals surface area contributed by atoms with Gasteiger partial charge in [-0.25, -0.2) is 13.4 Å². The molecular weight excluding hydrogens is 385 g/mol. The molecule has 3 rings (SSSR count). The summed E-state index contributed by atoms with van der Waals surface area (Å²) in [7, 11) is -3.86. The number of nitrogens with zero attached hydrogens (tertiary/aromatic N) is 2. The third-order valence-electron chi connectivity index (χ3n) is 4.22. The lowest BCUT2D eigenvalue weighted by Crippen LogP contribution is -2.16. The Morgan fingerprint density at radius 1 is 1.26 bits per heavy atom. The van der Waals surface area contributed by atoms with Crippen LogP contribution in [-0.4, -0.2) is 30.6 Å². The standard InChI is InChI=1S/C17H17F3N2O4S/c1-8(2)13-10(6-7-11(21-13)17(18,19)20)14(23)12-15(9-4-5-9)26-22-16(12)27(3,24)25/h6-9H,4-5H2,1-3H3. The highest BCUT2D eigenvalue weighted by Gasteiger charge is 2.39. The summed E-state index contributed by atoms with van der Waals surface area (Å²) in [5, 5.41) is 3.05. The van der Waals surface area contributed by atoms with Crippen molar-refractivity contribution in [3.05, 3.63) is 40.4 Å². The molecule has 6 nitrogen and oxygen atoms in total. The molecule has 0 saturated heterocycles. The number of alkyl halides is 3. The normalized spacial score (nSPS) is 15.4. The van der Waals surface area contributed by atoms with Gasteiger partial charge in [0.15, 0.2) is 15.6 Å². The maximum absolute atomic E-state index is 13.1. The summed E-state index contributed by atoms with van der Waals surface area (Å²) in [6.07, 6.45) is -2.31. The monoisotopic (exact) mass is 402 g/mol. The van der Waals surface area contributed by atoms with E-state index in [0.29, 0.717) is 6.07 Å². The Balaban J connectivity index is 2.18. The molecule has 0 amide bonds. The highest BCUT2D eigenvalue weighted by Crippen LogP contribution is 2.44. The summed E-state index contributed by atoms with van der Waals surface area (Å²) in [6.45, 7) is 3.21. The van der Waals surface area contributed by atoms with Gasteiger partial charge in [-0.05, 0) is 30.9 Å². The van der Waals surface area contributed by atoms with Crippen molar-refractivity contribution in [3.8, 4) is 0 Å². The minimum atomic E-state index is -4.65. The van der Waals surface area contributed by atoms with E-state index >= 15 is 0 Å². The Bertz CT molecular complexity index is 1010. The van der Waals surface area contributed by atoms with E-state index in [-0.39, 0.29) is 28.5 Å². The molecule has 2 heterocycles. The molecule has 0 aromatic carbocycles. The second kappa shape index (κ2) is 6.43. The molecule has 0 spiro atoms. The zero-order valence-corrected chi connectivity index (χ0v) is 15.6. The van der Waals surface area contributed by atoms with Crippen molar-refractivity contribution in [2.75, 3.05) is 6.26 Å². The van der Waals surface area contributed by atoms with E-state index < -0.39 is 38.4 Å². The first-order chi connectivity index (χ1) is 12.4. The fourth-order valence-electron chi connectivity index (χ4n) is 2.77. The summed E-state index contributed by atoms with van der Waals surface area (Å²) in [6, 6.07) is 1.74. The average molecular weight is 402 g/mol. The quantitative estimate of drug-likeness (QED) is 0.708. The van der Waals surface area contributed by atoms with E-state index in [1.165, 1.54) is 0 Å². The Morgan fingerprint density at radius 2 is 1.89 bits per heavy atom. The third-order valence-corrected chi connectivity index (χ3v) is 5.20. The molecule has 0 N–H and O–H groups in total. The molecule has 0 bridgehead atoms. The van der Waals surface area contributed by atoms with Crippen LogP contribution in [0.2, 0.25) is 0 Å². The Morgan fingerprint density at radius 3 is 2.37 bits per heavy atom. The van der Waals surface area contributed by atoms with E-state index in [9.17, 15) is 26.4 Å². The molecule has 2 aromatic rings. The molecule has 27 heavy (non-hydrogen) atoms. The molecule has 146 valence electrons. The van der Waals surface area contributed by atoms with Gasteiger partial charge in [-0.3, -0.25) is 4.79 Å². The fraction of sp³-hybridized carbons (Fsp3) is 0.471. The molecule has 0 radical (unpaired) electrons. The third kappa shape index (κ3) is 3.76. The van der Waals surface area contributed by atoms with Gasteiger partial charge in [0.2, 0.25) is 10.8 Å². The van der Waals surface area contributed by atoms with Gasteiger partial charge in [-0.1, -0.05) is 19.0 Å². The molecule has 1 aliphatic carbocycles. The highest BCUT2D eigenvalue weighted by molar-refractivity contribution is 7.90. The number of hydrogen-bond acceptors (Lipinski definition) is 6. The van der Waals surface area contributed by atoms with Crippen LogP contribution < -0.4 is 0 Å². The highest BCUT2D eigenvalue weighted by atomic mass is 32.2. The van der Waals surface area contributed by atoms with Crippen molar-refractivity contribution in [3.63, 3.8) is 0 Å². The van der Waals surface area contributed by atoms with Crippen LogP contribution in [0, 0.1) is 0 Å². The second-order valence-electron chi connectivity index (χ2n) is 6.88. The molecule has 0 atom stereocenters. The minimum Gasteiger partial charge on any atom is -0.359 e. The van der Waals surface area contributed by atoms with Crippen LogP contribution in [0.25, 0.3) is 0 Å². The van der Waals surface area contributed by atoms with E-state index in [1.807, 2.05) is 0 Å². The molecular formula is C17H17F3N2O4S. The van der Waals surface area contributed by atoms with Gasteiger partial charge in [0.1, 0.15) is 11.3 Å². The van der Waals surface area contributed by atoms with E-state index in [4.69, 9.17) is 4.52 Å². The van der Waals surface area contributed by atoms with E-state index in [0.717, 1.165) is 25.2 Å². The first-order valence-electron chi connectivity index (χ1n) is 8.23. The van der Waals surface area contributed by atoms with Gasteiger partial charge in [0.25, 0.3) is 0 Å². The smallest absolute Gasteiger partial charge is 0.359 e. The Labute approximate surface area is 153 Å². The SMILES string of the molecule is CC(C)c1nc(C(F)(F)F)ccc1C(=O)c1c(S(C)(=O)=O)noc1C1CC1. The number of aromatic nitrogens is 2. The number of ketones is 1. The number of carbonyl (C=O) groups is 1. The molecule has 1 fully saturated rings. The molecule has 1 aliphatic rings. The van der Waals surface area contributed by atoms with Gasteiger partial charge >= 0.3 is 6.18 Å². The van der Waals surface area contributed by atoms with Crippen LogP contribution in [0.5, 0.6) is 0 Å². The largest absolute Gasteiger partial charge is 0.433 e. The lowest BCUT2D eigenvalue weighted by atomic mass is 9.95. The number of sulfone groups is 1. The molecule has 2 aromatic heterocycles. The number of halogens is 3. The Kier molecular flexibility index (Phi) is 4.65. The van der Waals surface area contributed by atoms with Gasteiger partial charge in [-0.15, -0.1) is 0 Å². The fourth-order valence-corrected chi connectivity index (χ4v) is 3.51. The minimum absolute atomic E-state index is 0.0581.